The third-order valence-electron chi connectivity index (χ3n) is 7.97. The zero-order chi connectivity index (χ0) is 15.8. The molecule has 0 aromatic rings. The molecule has 5 aliphatic rings. The number of fused-ring (bicyclic) bond motifs is 3. The van der Waals surface area contributed by atoms with E-state index < -0.39 is 0 Å². The van der Waals surface area contributed by atoms with Crippen molar-refractivity contribution in [3.05, 3.63) is 23.3 Å². The van der Waals surface area contributed by atoms with E-state index in [4.69, 9.17) is 11.2 Å². The Morgan fingerprint density at radius 3 is 3.04 bits per heavy atom. The largest absolute Gasteiger partial charge is 0.373 e. The molecule has 1 heterocycles. The number of hydrogen-bond acceptors (Lipinski definition) is 2. The summed E-state index contributed by atoms with van der Waals surface area (Å²) in [4.78, 5) is 11.9. The molecule has 0 amide bonds. The van der Waals surface area contributed by atoms with Crippen molar-refractivity contribution in [1.82, 2.24) is 0 Å². The van der Waals surface area contributed by atoms with E-state index in [0.717, 1.165) is 25.9 Å². The van der Waals surface area contributed by atoms with Crippen LogP contribution in [0.2, 0.25) is 0 Å². The minimum Gasteiger partial charge on any atom is -0.373 e. The number of carbonyl (C=O) groups is 1. The Kier molecular flexibility index (Phi) is 2.68. The van der Waals surface area contributed by atoms with Gasteiger partial charge < -0.3 is 4.74 Å². The van der Waals surface area contributed by atoms with Gasteiger partial charge in [-0.15, -0.1) is 6.42 Å². The monoisotopic (exact) mass is 308 g/mol. The van der Waals surface area contributed by atoms with E-state index in [-0.39, 0.29) is 16.9 Å². The standard InChI is InChI=1S/C21H24O2/c1-3-13-4-5-16-15-11-19-18-10-14(22)6-9-21(18,12-23-19)17(15)7-8-20(13,16)2/h1,4,10,15-17,19H,5-9,11-12H2,2H3/t15?,16?,17?,19?,20-,21+/m1/s1. The second-order valence-electron chi connectivity index (χ2n) is 8.59. The van der Waals surface area contributed by atoms with Crippen LogP contribution in [0.1, 0.15) is 45.4 Å². The van der Waals surface area contributed by atoms with Gasteiger partial charge in [-0.05, 0) is 61.5 Å². The molecule has 2 saturated carbocycles. The lowest BCUT2D eigenvalue weighted by atomic mass is 9.47. The molecule has 23 heavy (non-hydrogen) atoms. The van der Waals surface area contributed by atoms with E-state index in [9.17, 15) is 4.79 Å². The van der Waals surface area contributed by atoms with E-state index in [0.29, 0.717) is 30.0 Å². The second-order valence-corrected chi connectivity index (χ2v) is 8.59. The Morgan fingerprint density at radius 1 is 1.35 bits per heavy atom. The van der Waals surface area contributed by atoms with Gasteiger partial charge >= 0.3 is 0 Å². The lowest BCUT2D eigenvalue weighted by Crippen LogP contribution is -2.52. The van der Waals surface area contributed by atoms with Gasteiger partial charge in [0.05, 0.1) is 12.7 Å². The molecule has 1 aliphatic heterocycles. The molecular formula is C21H24O2. The lowest BCUT2D eigenvalue weighted by Gasteiger charge is -2.56. The van der Waals surface area contributed by atoms with Crippen molar-refractivity contribution in [2.45, 2.75) is 51.6 Å². The van der Waals surface area contributed by atoms with Crippen LogP contribution in [-0.4, -0.2) is 18.5 Å². The summed E-state index contributed by atoms with van der Waals surface area (Å²) in [5, 5.41) is 0. The topological polar surface area (TPSA) is 26.3 Å². The maximum Gasteiger partial charge on any atom is 0.155 e. The predicted octanol–water partition coefficient (Wildman–Crippen LogP) is 3.68. The van der Waals surface area contributed by atoms with Crippen molar-refractivity contribution in [3.8, 4) is 12.3 Å². The van der Waals surface area contributed by atoms with Crippen molar-refractivity contribution < 1.29 is 9.53 Å². The molecule has 2 nitrogen and oxygen atoms in total. The third kappa shape index (κ3) is 1.57. The Bertz CT molecular complexity index is 693. The van der Waals surface area contributed by atoms with Gasteiger partial charge in [0.1, 0.15) is 0 Å². The molecule has 2 heteroatoms. The molecule has 0 N–H and O–H groups in total. The minimum atomic E-state index is 0.168. The van der Waals surface area contributed by atoms with Gasteiger partial charge in [-0.25, -0.2) is 0 Å². The van der Waals surface area contributed by atoms with E-state index in [1.54, 1.807) is 0 Å². The molecule has 120 valence electrons. The fourth-order valence-corrected chi connectivity index (χ4v) is 6.83. The highest BCUT2D eigenvalue weighted by Crippen LogP contribution is 2.67. The molecule has 2 bridgehead atoms. The lowest BCUT2D eigenvalue weighted by molar-refractivity contribution is -0.116. The molecule has 0 spiro atoms. The van der Waals surface area contributed by atoms with Gasteiger partial charge in [0, 0.05) is 22.8 Å². The van der Waals surface area contributed by atoms with E-state index >= 15 is 0 Å². The number of ketones is 1. The molecule has 4 unspecified atom stereocenters. The number of rotatable bonds is 0. The molecule has 5 rings (SSSR count). The van der Waals surface area contributed by atoms with Crippen LogP contribution in [0, 0.1) is 40.9 Å². The van der Waals surface area contributed by atoms with Crippen molar-refractivity contribution in [1.29, 1.82) is 0 Å². The van der Waals surface area contributed by atoms with Gasteiger partial charge in [-0.3, -0.25) is 4.79 Å². The average Bonchev–Trinajstić information content (AvgIpc) is 3.01. The van der Waals surface area contributed by atoms with Gasteiger partial charge in [-0.1, -0.05) is 18.9 Å². The highest BCUT2D eigenvalue weighted by Gasteiger charge is 2.63. The Morgan fingerprint density at radius 2 is 2.22 bits per heavy atom. The highest BCUT2D eigenvalue weighted by atomic mass is 16.5. The first kappa shape index (κ1) is 14.1. The second kappa shape index (κ2) is 4.39. The first-order valence-corrected chi connectivity index (χ1v) is 9.12. The zero-order valence-electron chi connectivity index (χ0n) is 13.8. The summed E-state index contributed by atoms with van der Waals surface area (Å²) in [6.07, 6.45) is 16.6. The maximum absolute atomic E-state index is 11.9. The fraction of sp³-hybridized carbons (Fsp3) is 0.667. The summed E-state index contributed by atoms with van der Waals surface area (Å²) in [7, 11) is 0. The van der Waals surface area contributed by atoms with E-state index in [1.807, 2.05) is 6.08 Å². The minimum absolute atomic E-state index is 0.168. The normalized spacial score (nSPS) is 50.3. The van der Waals surface area contributed by atoms with Crippen molar-refractivity contribution >= 4 is 5.78 Å². The summed E-state index contributed by atoms with van der Waals surface area (Å²) < 4.78 is 6.21. The summed E-state index contributed by atoms with van der Waals surface area (Å²) in [5.74, 6) is 5.34. The molecule has 1 saturated heterocycles. The molecule has 4 aliphatic carbocycles. The molecule has 0 radical (unpaired) electrons. The van der Waals surface area contributed by atoms with Crippen LogP contribution >= 0.6 is 0 Å². The summed E-state index contributed by atoms with van der Waals surface area (Å²) in [5.41, 5.74) is 2.97. The third-order valence-corrected chi connectivity index (χ3v) is 7.97. The fourth-order valence-electron chi connectivity index (χ4n) is 6.83. The van der Waals surface area contributed by atoms with Crippen LogP contribution in [0.5, 0.6) is 0 Å². The van der Waals surface area contributed by atoms with Gasteiger partial charge in [-0.2, -0.15) is 0 Å². The van der Waals surface area contributed by atoms with Crippen LogP contribution in [0.3, 0.4) is 0 Å². The van der Waals surface area contributed by atoms with Gasteiger partial charge in [0.2, 0.25) is 0 Å². The van der Waals surface area contributed by atoms with Crippen molar-refractivity contribution in [2.75, 3.05) is 6.61 Å². The highest BCUT2D eigenvalue weighted by molar-refractivity contribution is 5.92. The maximum atomic E-state index is 11.9. The Hall–Kier alpha value is -1.33. The van der Waals surface area contributed by atoms with Crippen LogP contribution in [0.25, 0.3) is 0 Å². The van der Waals surface area contributed by atoms with Crippen LogP contribution in [0.4, 0.5) is 0 Å². The molecule has 3 fully saturated rings. The number of ether oxygens (including phenoxy) is 1. The molecule has 0 aromatic heterocycles. The van der Waals surface area contributed by atoms with Crippen LogP contribution in [-0.2, 0) is 9.53 Å². The number of hydrogen-bond donors (Lipinski definition) is 0. The molecular weight excluding hydrogens is 284 g/mol. The summed E-state index contributed by atoms with van der Waals surface area (Å²) in [6.45, 7) is 3.24. The summed E-state index contributed by atoms with van der Waals surface area (Å²) >= 11 is 0. The SMILES string of the molecule is C#CC1=CCC2C3CC4OC[C@@]5(CCC(=O)C=C45)C3CC[C@]12C. The predicted molar refractivity (Wildman–Crippen MR) is 88.5 cm³/mol. The summed E-state index contributed by atoms with van der Waals surface area (Å²) in [6, 6.07) is 0. The first-order chi connectivity index (χ1) is 11.1. The quantitative estimate of drug-likeness (QED) is 0.638. The van der Waals surface area contributed by atoms with Crippen molar-refractivity contribution in [3.63, 3.8) is 0 Å². The number of carbonyl (C=O) groups excluding carboxylic acids is 1. The molecule has 0 aromatic carbocycles. The number of allylic oxidation sites excluding steroid dienone is 3. The molecule has 6 atom stereocenters. The van der Waals surface area contributed by atoms with E-state index in [1.165, 1.54) is 24.0 Å². The Labute approximate surface area is 138 Å². The van der Waals surface area contributed by atoms with Crippen LogP contribution in [0.15, 0.2) is 23.3 Å². The smallest absolute Gasteiger partial charge is 0.155 e. The van der Waals surface area contributed by atoms with Crippen molar-refractivity contribution in [2.24, 2.45) is 28.6 Å². The zero-order valence-corrected chi connectivity index (χ0v) is 13.8. The van der Waals surface area contributed by atoms with E-state index in [2.05, 4.69) is 18.9 Å². The van der Waals surface area contributed by atoms with Crippen LogP contribution < -0.4 is 0 Å². The van der Waals surface area contributed by atoms with Gasteiger partial charge in [0.25, 0.3) is 0 Å². The Balaban J connectivity index is 1.56. The first-order valence-electron chi connectivity index (χ1n) is 9.12. The van der Waals surface area contributed by atoms with Gasteiger partial charge in [0.15, 0.2) is 5.78 Å². The average molecular weight is 308 g/mol. The number of terminal acetylenes is 1.